The topological polar surface area (TPSA) is 25.2 Å². The number of anilines is 1. The third kappa shape index (κ3) is 2.66. The Morgan fingerprint density at radius 1 is 1.11 bits per heavy atom. The van der Waals surface area contributed by atoms with Gasteiger partial charge in [-0.15, -0.1) is 0 Å². The molecule has 3 rings (SSSR count). The lowest BCUT2D eigenvalue weighted by Crippen LogP contribution is -1.98. The molecule has 19 heavy (non-hydrogen) atoms. The van der Waals surface area contributed by atoms with E-state index in [-0.39, 0.29) is 0 Å². The van der Waals surface area contributed by atoms with Gasteiger partial charge in [-0.05, 0) is 42.8 Å². The molecule has 0 saturated carbocycles. The van der Waals surface area contributed by atoms with Crippen molar-refractivity contribution in [3.8, 4) is 0 Å². The molecule has 0 fully saturated rings. The summed E-state index contributed by atoms with van der Waals surface area (Å²) >= 11 is 3.50. The van der Waals surface area contributed by atoms with Crippen molar-refractivity contribution in [2.45, 2.75) is 13.5 Å². The van der Waals surface area contributed by atoms with Gasteiger partial charge in [-0.25, -0.2) is 0 Å². The van der Waals surface area contributed by atoms with E-state index in [1.165, 1.54) is 5.56 Å². The van der Waals surface area contributed by atoms with Crippen molar-refractivity contribution in [3.05, 3.63) is 64.3 Å². The highest BCUT2D eigenvalue weighted by molar-refractivity contribution is 9.10. The van der Waals surface area contributed by atoms with Crippen molar-refractivity contribution < 1.29 is 4.42 Å². The maximum Gasteiger partial charge on any atom is 0.134 e. The predicted octanol–water partition coefficient (Wildman–Crippen LogP) is 5.12. The minimum absolute atomic E-state index is 0.690. The van der Waals surface area contributed by atoms with Gasteiger partial charge in [0.25, 0.3) is 0 Å². The third-order valence-corrected chi connectivity index (χ3v) is 3.99. The van der Waals surface area contributed by atoms with Gasteiger partial charge in [-0.2, -0.15) is 0 Å². The summed E-state index contributed by atoms with van der Waals surface area (Å²) in [4.78, 5) is 0. The van der Waals surface area contributed by atoms with Crippen LogP contribution in [-0.4, -0.2) is 0 Å². The molecule has 1 heterocycles. The van der Waals surface area contributed by atoms with Crippen LogP contribution in [0.4, 0.5) is 5.69 Å². The number of aryl methyl sites for hydroxylation is 1. The van der Waals surface area contributed by atoms with Gasteiger partial charge in [0.2, 0.25) is 0 Å². The molecule has 0 bridgehead atoms. The monoisotopic (exact) mass is 315 g/mol. The molecule has 2 nitrogen and oxygen atoms in total. The Kier molecular flexibility index (Phi) is 3.30. The molecule has 0 aliphatic carbocycles. The maximum atomic E-state index is 5.77. The van der Waals surface area contributed by atoms with Crippen molar-refractivity contribution in [3.63, 3.8) is 0 Å². The molecule has 0 aliphatic rings. The maximum absolute atomic E-state index is 5.77. The van der Waals surface area contributed by atoms with Gasteiger partial charge < -0.3 is 9.73 Å². The lowest BCUT2D eigenvalue weighted by atomic mass is 10.2. The quantitative estimate of drug-likeness (QED) is 0.726. The first-order valence-electron chi connectivity index (χ1n) is 6.20. The minimum atomic E-state index is 0.690. The lowest BCUT2D eigenvalue weighted by Gasteiger charge is -2.06. The smallest absolute Gasteiger partial charge is 0.134 e. The third-order valence-electron chi connectivity index (χ3n) is 3.10. The fourth-order valence-corrected chi connectivity index (χ4v) is 2.31. The molecule has 96 valence electrons. The molecule has 0 aliphatic heterocycles. The molecule has 0 unspecified atom stereocenters. The van der Waals surface area contributed by atoms with Crippen LogP contribution in [0.2, 0.25) is 0 Å². The summed E-state index contributed by atoms with van der Waals surface area (Å²) in [6, 6.07) is 16.4. The summed E-state index contributed by atoms with van der Waals surface area (Å²) in [5, 5.41) is 4.52. The van der Waals surface area contributed by atoms with E-state index in [0.717, 1.165) is 26.9 Å². The molecule has 0 atom stereocenters. The number of benzene rings is 2. The number of furan rings is 1. The van der Waals surface area contributed by atoms with E-state index >= 15 is 0 Å². The first-order chi connectivity index (χ1) is 9.22. The van der Waals surface area contributed by atoms with E-state index in [0.29, 0.717) is 6.54 Å². The number of para-hydroxylation sites is 1. The zero-order valence-electron chi connectivity index (χ0n) is 10.6. The number of fused-ring (bicyclic) bond motifs is 1. The van der Waals surface area contributed by atoms with E-state index in [2.05, 4.69) is 58.5 Å². The molecule has 1 aromatic heterocycles. The van der Waals surface area contributed by atoms with Crippen LogP contribution in [0.15, 0.2) is 57.4 Å². The predicted molar refractivity (Wildman–Crippen MR) is 82.4 cm³/mol. The highest BCUT2D eigenvalue weighted by atomic mass is 79.9. The Morgan fingerprint density at radius 3 is 2.74 bits per heavy atom. The molecule has 0 spiro atoms. The highest BCUT2D eigenvalue weighted by Crippen LogP contribution is 2.22. The average Bonchev–Trinajstić information content (AvgIpc) is 2.83. The van der Waals surface area contributed by atoms with E-state index in [4.69, 9.17) is 4.42 Å². The molecule has 0 radical (unpaired) electrons. The number of hydrogen-bond acceptors (Lipinski definition) is 2. The molecular weight excluding hydrogens is 302 g/mol. The van der Waals surface area contributed by atoms with Crippen LogP contribution in [0.25, 0.3) is 11.0 Å². The summed E-state index contributed by atoms with van der Waals surface area (Å²) in [6.45, 7) is 2.77. The van der Waals surface area contributed by atoms with Crippen molar-refractivity contribution in [1.82, 2.24) is 0 Å². The van der Waals surface area contributed by atoms with Crippen LogP contribution in [0, 0.1) is 6.92 Å². The van der Waals surface area contributed by atoms with Crippen LogP contribution >= 0.6 is 15.9 Å². The first-order valence-corrected chi connectivity index (χ1v) is 6.99. The molecule has 0 amide bonds. The van der Waals surface area contributed by atoms with Crippen LogP contribution in [0.1, 0.15) is 11.3 Å². The van der Waals surface area contributed by atoms with Gasteiger partial charge in [-0.1, -0.05) is 34.1 Å². The summed E-state index contributed by atoms with van der Waals surface area (Å²) < 4.78 is 6.90. The number of halogens is 1. The summed E-state index contributed by atoms with van der Waals surface area (Å²) in [5.41, 5.74) is 3.25. The molecule has 1 N–H and O–H groups in total. The van der Waals surface area contributed by atoms with Gasteiger partial charge in [0.1, 0.15) is 11.3 Å². The van der Waals surface area contributed by atoms with Gasteiger partial charge in [0.15, 0.2) is 0 Å². The Hall–Kier alpha value is -1.74. The zero-order chi connectivity index (χ0) is 13.2. The molecular formula is C16H14BrNO. The van der Waals surface area contributed by atoms with Crippen molar-refractivity contribution >= 4 is 32.6 Å². The first kappa shape index (κ1) is 12.3. The summed E-state index contributed by atoms with van der Waals surface area (Å²) in [6.07, 6.45) is 0. The lowest BCUT2D eigenvalue weighted by molar-refractivity contribution is 0.559. The summed E-state index contributed by atoms with van der Waals surface area (Å²) in [5.74, 6) is 0.946. The number of nitrogens with one attached hydrogen (secondary N) is 1. The van der Waals surface area contributed by atoms with E-state index in [1.807, 2.05) is 18.2 Å². The Labute approximate surface area is 120 Å². The Balaban J connectivity index is 1.76. The zero-order valence-corrected chi connectivity index (χ0v) is 12.2. The largest absolute Gasteiger partial charge is 0.459 e. The average molecular weight is 316 g/mol. The Morgan fingerprint density at radius 2 is 1.95 bits per heavy atom. The van der Waals surface area contributed by atoms with E-state index < -0.39 is 0 Å². The van der Waals surface area contributed by atoms with Crippen LogP contribution in [0.5, 0.6) is 0 Å². The standard InChI is InChI=1S/C16H14BrNO/c1-11-8-13(6-7-15(11)17)18-10-14-9-12-4-2-3-5-16(12)19-14/h2-9,18H,10H2,1H3. The minimum Gasteiger partial charge on any atom is -0.459 e. The molecule has 3 heteroatoms. The van der Waals surface area contributed by atoms with Gasteiger partial charge in [-0.3, -0.25) is 0 Å². The SMILES string of the molecule is Cc1cc(NCc2cc3ccccc3o2)ccc1Br. The van der Waals surface area contributed by atoms with Gasteiger partial charge in [0, 0.05) is 15.5 Å². The van der Waals surface area contributed by atoms with Gasteiger partial charge in [0.05, 0.1) is 6.54 Å². The van der Waals surface area contributed by atoms with Crippen LogP contribution < -0.4 is 5.32 Å². The second-order valence-corrected chi connectivity index (χ2v) is 5.42. The van der Waals surface area contributed by atoms with Crippen LogP contribution in [0.3, 0.4) is 0 Å². The number of rotatable bonds is 3. The molecule has 3 aromatic rings. The molecule has 0 saturated heterocycles. The fourth-order valence-electron chi connectivity index (χ4n) is 2.07. The fraction of sp³-hybridized carbons (Fsp3) is 0.125. The van der Waals surface area contributed by atoms with Gasteiger partial charge >= 0.3 is 0 Å². The second-order valence-electron chi connectivity index (χ2n) is 4.57. The Bertz CT molecular complexity index is 685. The van der Waals surface area contributed by atoms with E-state index in [1.54, 1.807) is 0 Å². The van der Waals surface area contributed by atoms with Crippen molar-refractivity contribution in [2.75, 3.05) is 5.32 Å². The van der Waals surface area contributed by atoms with E-state index in [9.17, 15) is 0 Å². The van der Waals surface area contributed by atoms with Crippen LogP contribution in [-0.2, 0) is 6.54 Å². The number of hydrogen-bond donors (Lipinski definition) is 1. The highest BCUT2D eigenvalue weighted by Gasteiger charge is 2.03. The normalized spacial score (nSPS) is 10.8. The summed E-state index contributed by atoms with van der Waals surface area (Å²) in [7, 11) is 0. The second kappa shape index (κ2) is 5.10. The molecule has 2 aromatic carbocycles. The van der Waals surface area contributed by atoms with Crippen molar-refractivity contribution in [1.29, 1.82) is 0 Å². The van der Waals surface area contributed by atoms with Crippen molar-refractivity contribution in [2.24, 2.45) is 0 Å².